The Labute approximate surface area is 163 Å². The summed E-state index contributed by atoms with van der Waals surface area (Å²) in [6.07, 6.45) is 5.22. The van der Waals surface area contributed by atoms with Crippen molar-refractivity contribution in [2.45, 2.75) is 31.8 Å². The third-order valence-corrected chi connectivity index (χ3v) is 4.82. The molecule has 1 aromatic rings. The number of hydrogen-bond donors (Lipinski definition) is 1. The smallest absolute Gasteiger partial charge is 0.324 e. The summed E-state index contributed by atoms with van der Waals surface area (Å²) in [5.74, 6) is 0.813. The summed E-state index contributed by atoms with van der Waals surface area (Å²) in [6.45, 7) is 1.80. The minimum atomic E-state index is -0.428. The topological polar surface area (TPSA) is 108 Å². The summed E-state index contributed by atoms with van der Waals surface area (Å²) in [7, 11) is 3.75. The Morgan fingerprint density at radius 1 is 1.29 bits per heavy atom. The van der Waals surface area contributed by atoms with E-state index in [1.165, 1.54) is 4.90 Å². The van der Waals surface area contributed by atoms with E-state index in [4.69, 9.17) is 4.74 Å². The number of piperidine rings is 1. The standard InChI is InChI=1S/C18H26N6O4/c1-22(2)16-17(20-8-7-19-16)28-13-4-3-9-24(12-13)15(26)6-11-23-10-5-14(25)21-18(23)27/h7-8,13H,3-6,9-12H2,1-2H3,(H,21,25,27). The summed E-state index contributed by atoms with van der Waals surface area (Å²) in [4.78, 5) is 49.2. The Bertz CT molecular complexity index is 741. The average Bonchev–Trinajstić information content (AvgIpc) is 2.67. The molecule has 0 saturated carbocycles. The van der Waals surface area contributed by atoms with Crippen LogP contribution < -0.4 is 15.0 Å². The molecule has 2 aliphatic rings. The van der Waals surface area contributed by atoms with Gasteiger partial charge >= 0.3 is 6.03 Å². The van der Waals surface area contributed by atoms with Crippen LogP contribution in [0.5, 0.6) is 5.88 Å². The van der Waals surface area contributed by atoms with Crippen LogP contribution in [0.3, 0.4) is 0 Å². The van der Waals surface area contributed by atoms with Gasteiger partial charge in [-0.15, -0.1) is 0 Å². The number of nitrogens with zero attached hydrogens (tertiary/aromatic N) is 5. The van der Waals surface area contributed by atoms with Crippen molar-refractivity contribution < 1.29 is 19.1 Å². The van der Waals surface area contributed by atoms with Gasteiger partial charge in [0.1, 0.15) is 6.10 Å². The number of aromatic nitrogens is 2. The minimum absolute atomic E-state index is 0.0232. The van der Waals surface area contributed by atoms with Crippen LogP contribution >= 0.6 is 0 Å². The van der Waals surface area contributed by atoms with Gasteiger partial charge in [0.2, 0.25) is 11.8 Å². The lowest BCUT2D eigenvalue weighted by Gasteiger charge is -2.34. The first-order valence-electron chi connectivity index (χ1n) is 9.45. The predicted octanol–water partition coefficient (Wildman–Crippen LogP) is 0.244. The van der Waals surface area contributed by atoms with E-state index in [0.717, 1.165) is 12.8 Å². The van der Waals surface area contributed by atoms with E-state index in [9.17, 15) is 14.4 Å². The highest BCUT2D eigenvalue weighted by Gasteiger charge is 2.28. The minimum Gasteiger partial charge on any atom is -0.470 e. The molecule has 3 heterocycles. The highest BCUT2D eigenvalue weighted by molar-refractivity contribution is 5.96. The number of imide groups is 1. The van der Waals surface area contributed by atoms with E-state index < -0.39 is 6.03 Å². The summed E-state index contributed by atoms with van der Waals surface area (Å²) >= 11 is 0. The van der Waals surface area contributed by atoms with Crippen LogP contribution in [-0.4, -0.2) is 84.0 Å². The molecule has 2 saturated heterocycles. The monoisotopic (exact) mass is 390 g/mol. The molecular weight excluding hydrogens is 364 g/mol. The van der Waals surface area contributed by atoms with Crippen LogP contribution in [0.25, 0.3) is 0 Å². The van der Waals surface area contributed by atoms with Gasteiger partial charge in [-0.1, -0.05) is 0 Å². The molecular formula is C18H26N6O4. The number of rotatable bonds is 6. The zero-order chi connectivity index (χ0) is 20.1. The molecule has 2 fully saturated rings. The van der Waals surface area contributed by atoms with Gasteiger partial charge in [-0.05, 0) is 12.8 Å². The van der Waals surface area contributed by atoms with Gasteiger partial charge < -0.3 is 19.4 Å². The molecule has 0 aliphatic carbocycles. The molecule has 1 aromatic heterocycles. The van der Waals surface area contributed by atoms with Crippen molar-refractivity contribution in [2.75, 3.05) is 45.2 Å². The first-order valence-corrected chi connectivity index (χ1v) is 9.45. The summed E-state index contributed by atoms with van der Waals surface area (Å²) in [5.41, 5.74) is 0. The molecule has 0 aromatic carbocycles. The molecule has 3 rings (SSSR count). The van der Waals surface area contributed by atoms with Gasteiger partial charge in [-0.25, -0.2) is 14.8 Å². The normalized spacial score (nSPS) is 20.0. The van der Waals surface area contributed by atoms with E-state index in [1.54, 1.807) is 17.3 Å². The Morgan fingerprint density at radius 2 is 2.07 bits per heavy atom. The Morgan fingerprint density at radius 3 is 2.82 bits per heavy atom. The molecule has 10 nitrogen and oxygen atoms in total. The second-order valence-electron chi connectivity index (χ2n) is 7.14. The maximum Gasteiger partial charge on any atom is 0.324 e. The van der Waals surface area contributed by atoms with Crippen molar-refractivity contribution in [3.8, 4) is 5.88 Å². The lowest BCUT2D eigenvalue weighted by molar-refractivity contribution is -0.134. The van der Waals surface area contributed by atoms with Gasteiger partial charge in [-0.3, -0.25) is 14.9 Å². The van der Waals surface area contributed by atoms with Crippen LogP contribution in [0.4, 0.5) is 10.6 Å². The van der Waals surface area contributed by atoms with E-state index >= 15 is 0 Å². The second-order valence-corrected chi connectivity index (χ2v) is 7.14. The van der Waals surface area contributed by atoms with Crippen molar-refractivity contribution in [3.05, 3.63) is 12.4 Å². The Hall–Kier alpha value is -2.91. The molecule has 152 valence electrons. The SMILES string of the molecule is CN(C)c1nccnc1OC1CCCN(C(=O)CCN2CCC(=O)NC2=O)C1. The van der Waals surface area contributed by atoms with Gasteiger partial charge in [0.25, 0.3) is 5.88 Å². The van der Waals surface area contributed by atoms with Crippen LogP contribution in [-0.2, 0) is 9.59 Å². The molecule has 1 atom stereocenters. The molecule has 0 radical (unpaired) electrons. The van der Waals surface area contributed by atoms with Crippen LogP contribution in [0.2, 0.25) is 0 Å². The third kappa shape index (κ3) is 4.87. The van der Waals surface area contributed by atoms with Crippen LogP contribution in [0.15, 0.2) is 12.4 Å². The fourth-order valence-corrected chi connectivity index (χ4v) is 3.33. The van der Waals surface area contributed by atoms with Crippen molar-refractivity contribution in [1.29, 1.82) is 0 Å². The molecule has 4 amide bonds. The van der Waals surface area contributed by atoms with E-state index in [-0.39, 0.29) is 30.8 Å². The maximum atomic E-state index is 12.6. The summed E-state index contributed by atoms with van der Waals surface area (Å²) in [5, 5.41) is 2.27. The highest BCUT2D eigenvalue weighted by Crippen LogP contribution is 2.24. The highest BCUT2D eigenvalue weighted by atomic mass is 16.5. The van der Waals surface area contributed by atoms with Crippen molar-refractivity contribution in [3.63, 3.8) is 0 Å². The number of anilines is 1. The van der Waals surface area contributed by atoms with Gasteiger partial charge in [0.05, 0.1) is 6.54 Å². The van der Waals surface area contributed by atoms with Gasteiger partial charge in [0, 0.05) is 59.0 Å². The van der Waals surface area contributed by atoms with Gasteiger partial charge in [-0.2, -0.15) is 0 Å². The largest absolute Gasteiger partial charge is 0.470 e. The lowest BCUT2D eigenvalue weighted by atomic mass is 10.1. The predicted molar refractivity (Wildman–Crippen MR) is 101 cm³/mol. The molecule has 1 unspecified atom stereocenters. The third-order valence-electron chi connectivity index (χ3n) is 4.82. The number of urea groups is 1. The fourth-order valence-electron chi connectivity index (χ4n) is 3.33. The summed E-state index contributed by atoms with van der Waals surface area (Å²) < 4.78 is 6.03. The number of ether oxygens (including phenoxy) is 1. The first kappa shape index (κ1) is 19.8. The molecule has 28 heavy (non-hydrogen) atoms. The van der Waals surface area contributed by atoms with Crippen LogP contribution in [0, 0.1) is 0 Å². The Kier molecular flexibility index (Phi) is 6.27. The van der Waals surface area contributed by atoms with E-state index in [0.29, 0.717) is 37.9 Å². The quantitative estimate of drug-likeness (QED) is 0.741. The van der Waals surface area contributed by atoms with Crippen LogP contribution in [0.1, 0.15) is 25.7 Å². The zero-order valence-corrected chi connectivity index (χ0v) is 16.3. The molecule has 0 bridgehead atoms. The zero-order valence-electron chi connectivity index (χ0n) is 16.3. The molecule has 1 N–H and O–H groups in total. The molecule has 0 spiro atoms. The number of carbonyl (C=O) groups is 3. The van der Waals surface area contributed by atoms with E-state index in [1.807, 2.05) is 19.0 Å². The number of nitrogens with one attached hydrogen (secondary N) is 1. The first-order chi connectivity index (χ1) is 13.4. The number of likely N-dealkylation sites (tertiary alicyclic amines) is 1. The van der Waals surface area contributed by atoms with Crippen molar-refractivity contribution >= 4 is 23.7 Å². The van der Waals surface area contributed by atoms with Gasteiger partial charge in [0.15, 0.2) is 5.82 Å². The number of carbonyl (C=O) groups excluding carboxylic acids is 3. The summed E-state index contributed by atoms with van der Waals surface area (Å²) in [6, 6.07) is -0.428. The fraction of sp³-hybridized carbons (Fsp3) is 0.611. The van der Waals surface area contributed by atoms with E-state index in [2.05, 4.69) is 15.3 Å². The Balaban J connectivity index is 1.52. The molecule has 10 heteroatoms. The van der Waals surface area contributed by atoms with Crippen molar-refractivity contribution in [2.24, 2.45) is 0 Å². The average molecular weight is 390 g/mol. The maximum absolute atomic E-state index is 12.6. The molecule has 2 aliphatic heterocycles. The number of hydrogen-bond acceptors (Lipinski definition) is 7. The van der Waals surface area contributed by atoms with Crippen molar-refractivity contribution in [1.82, 2.24) is 25.1 Å². The number of amides is 4. The lowest BCUT2D eigenvalue weighted by Crippen LogP contribution is -2.51. The second kappa shape index (κ2) is 8.85.